The Morgan fingerprint density at radius 1 is 0.950 bits per heavy atom. The first kappa shape index (κ1) is 13.9. The van der Waals surface area contributed by atoms with Crippen LogP contribution in [-0.2, 0) is 0 Å². The summed E-state index contributed by atoms with van der Waals surface area (Å²) >= 11 is 0. The van der Waals surface area contributed by atoms with Crippen LogP contribution in [0.1, 0.15) is 11.1 Å². The van der Waals surface area contributed by atoms with Gasteiger partial charge in [-0.3, -0.25) is 0 Å². The summed E-state index contributed by atoms with van der Waals surface area (Å²) in [5.41, 5.74) is 14.6. The fourth-order valence-corrected chi connectivity index (χ4v) is 1.73. The minimum Gasteiger partial charge on any atom is -0.489 e. The van der Waals surface area contributed by atoms with E-state index in [0.717, 1.165) is 16.8 Å². The monoisotopic (exact) mass is 272 g/mol. The van der Waals surface area contributed by atoms with E-state index < -0.39 is 6.67 Å². The van der Waals surface area contributed by atoms with E-state index in [0.29, 0.717) is 11.4 Å². The quantitative estimate of drug-likeness (QED) is 0.648. The van der Waals surface area contributed by atoms with Gasteiger partial charge in [-0.2, -0.15) is 0 Å². The lowest BCUT2D eigenvalue weighted by Gasteiger charge is -2.07. The van der Waals surface area contributed by atoms with E-state index in [9.17, 15) is 4.39 Å². The zero-order valence-electron chi connectivity index (χ0n) is 11.1. The minimum atomic E-state index is -0.537. The third-order valence-electron chi connectivity index (χ3n) is 2.78. The molecule has 0 amide bonds. The van der Waals surface area contributed by atoms with Gasteiger partial charge >= 0.3 is 0 Å². The molecule has 0 saturated heterocycles. The third-order valence-corrected chi connectivity index (χ3v) is 2.78. The van der Waals surface area contributed by atoms with E-state index in [1.807, 2.05) is 42.5 Å². The van der Waals surface area contributed by atoms with Gasteiger partial charge in [0.15, 0.2) is 0 Å². The fourth-order valence-electron chi connectivity index (χ4n) is 1.73. The number of rotatable bonds is 5. The van der Waals surface area contributed by atoms with Crippen molar-refractivity contribution in [2.45, 2.75) is 0 Å². The molecule has 0 aliphatic carbocycles. The smallest absolute Gasteiger partial charge is 0.142 e. The summed E-state index contributed by atoms with van der Waals surface area (Å²) in [7, 11) is 0. The van der Waals surface area contributed by atoms with Crippen LogP contribution in [0, 0.1) is 0 Å². The molecule has 0 aromatic heterocycles. The van der Waals surface area contributed by atoms with Gasteiger partial charge in [0.1, 0.15) is 19.0 Å². The third kappa shape index (κ3) is 3.75. The average Bonchev–Trinajstić information content (AvgIpc) is 2.46. The second-order valence-corrected chi connectivity index (χ2v) is 4.33. The van der Waals surface area contributed by atoms with Gasteiger partial charge in [0.05, 0.1) is 5.69 Å². The molecule has 0 fully saturated rings. The molecule has 0 heterocycles. The number of alkyl halides is 1. The van der Waals surface area contributed by atoms with Crippen LogP contribution >= 0.6 is 0 Å². The maximum atomic E-state index is 12.1. The molecule has 2 aromatic rings. The molecular formula is C16H17FN2O. The molecule has 20 heavy (non-hydrogen) atoms. The molecule has 4 N–H and O–H groups in total. The second kappa shape index (κ2) is 6.61. The number of benzene rings is 2. The molecule has 2 rings (SSSR count). The molecule has 0 radical (unpaired) electrons. The largest absolute Gasteiger partial charge is 0.489 e. The van der Waals surface area contributed by atoms with Crippen LogP contribution in [0.2, 0.25) is 0 Å². The Hall–Kier alpha value is -2.49. The summed E-state index contributed by atoms with van der Waals surface area (Å²) in [6.45, 7) is -0.528. The van der Waals surface area contributed by atoms with Crippen LogP contribution in [0.5, 0.6) is 5.75 Å². The molecule has 4 heteroatoms. The van der Waals surface area contributed by atoms with Crippen molar-refractivity contribution in [1.82, 2.24) is 0 Å². The molecule has 0 aliphatic heterocycles. The van der Waals surface area contributed by atoms with Crippen molar-refractivity contribution in [3.05, 3.63) is 53.6 Å². The molecule has 0 atom stereocenters. The normalized spacial score (nSPS) is 10.8. The summed E-state index contributed by atoms with van der Waals surface area (Å²) in [6, 6.07) is 13.0. The Bertz CT molecular complexity index is 594. The van der Waals surface area contributed by atoms with Crippen molar-refractivity contribution in [3.8, 4) is 5.75 Å². The van der Waals surface area contributed by atoms with E-state index in [2.05, 4.69) is 0 Å². The number of halogens is 1. The maximum Gasteiger partial charge on any atom is 0.142 e. The van der Waals surface area contributed by atoms with Gasteiger partial charge in [-0.15, -0.1) is 0 Å². The molecule has 104 valence electrons. The molecule has 0 aliphatic rings. The summed E-state index contributed by atoms with van der Waals surface area (Å²) in [5.74, 6) is 0.502. The fraction of sp³-hybridized carbons (Fsp3) is 0.125. The summed E-state index contributed by atoms with van der Waals surface area (Å²) < 4.78 is 17.4. The zero-order chi connectivity index (χ0) is 14.4. The minimum absolute atomic E-state index is 0.00926. The van der Waals surface area contributed by atoms with Crippen LogP contribution in [0.4, 0.5) is 15.8 Å². The van der Waals surface area contributed by atoms with Gasteiger partial charge in [-0.1, -0.05) is 30.4 Å². The summed E-state index contributed by atoms with van der Waals surface area (Å²) in [4.78, 5) is 0. The molecule has 2 aromatic carbocycles. The van der Waals surface area contributed by atoms with Gasteiger partial charge < -0.3 is 16.2 Å². The summed E-state index contributed by atoms with van der Waals surface area (Å²) in [6.07, 6.45) is 3.90. The molecular weight excluding hydrogens is 255 g/mol. The van der Waals surface area contributed by atoms with Crippen LogP contribution in [0.25, 0.3) is 12.2 Å². The van der Waals surface area contributed by atoms with Crippen LogP contribution in [0.3, 0.4) is 0 Å². The van der Waals surface area contributed by atoms with Crippen molar-refractivity contribution in [2.24, 2.45) is 0 Å². The SMILES string of the molecule is Nc1ccc(C=Cc2ccc(N)c(OCCF)c2)cc1. The van der Waals surface area contributed by atoms with Crippen molar-refractivity contribution in [2.75, 3.05) is 24.7 Å². The number of nitrogen functional groups attached to an aromatic ring is 2. The number of hydrogen-bond acceptors (Lipinski definition) is 3. The predicted molar refractivity (Wildman–Crippen MR) is 82.1 cm³/mol. The summed E-state index contributed by atoms with van der Waals surface area (Å²) in [5, 5.41) is 0. The Kier molecular flexibility index (Phi) is 4.60. The first-order valence-electron chi connectivity index (χ1n) is 6.31. The van der Waals surface area contributed by atoms with E-state index in [1.165, 1.54) is 0 Å². The average molecular weight is 272 g/mol. The Labute approximate surface area is 117 Å². The molecule has 3 nitrogen and oxygen atoms in total. The van der Waals surface area contributed by atoms with Crippen LogP contribution in [-0.4, -0.2) is 13.3 Å². The Morgan fingerprint density at radius 2 is 1.60 bits per heavy atom. The number of ether oxygens (including phenoxy) is 1. The molecule has 0 spiro atoms. The first-order chi connectivity index (χ1) is 9.69. The number of hydrogen-bond donors (Lipinski definition) is 2. The van der Waals surface area contributed by atoms with Gasteiger partial charge in [0.2, 0.25) is 0 Å². The van der Waals surface area contributed by atoms with E-state index in [-0.39, 0.29) is 6.61 Å². The van der Waals surface area contributed by atoms with Crippen molar-refractivity contribution >= 4 is 23.5 Å². The standard InChI is InChI=1S/C16H17FN2O/c17-9-10-20-16-11-13(5-8-15(16)19)2-1-12-3-6-14(18)7-4-12/h1-8,11H,9-10,18-19H2. The van der Waals surface area contributed by atoms with Crippen LogP contribution in [0.15, 0.2) is 42.5 Å². The zero-order valence-corrected chi connectivity index (χ0v) is 11.1. The Balaban J connectivity index is 2.14. The van der Waals surface area contributed by atoms with Crippen molar-refractivity contribution in [1.29, 1.82) is 0 Å². The van der Waals surface area contributed by atoms with Gasteiger partial charge in [0, 0.05) is 5.69 Å². The highest BCUT2D eigenvalue weighted by molar-refractivity contribution is 5.72. The second-order valence-electron chi connectivity index (χ2n) is 4.33. The van der Waals surface area contributed by atoms with E-state index in [4.69, 9.17) is 16.2 Å². The van der Waals surface area contributed by atoms with E-state index >= 15 is 0 Å². The molecule has 0 bridgehead atoms. The predicted octanol–water partition coefficient (Wildman–Crippen LogP) is 3.37. The highest BCUT2D eigenvalue weighted by atomic mass is 19.1. The lowest BCUT2D eigenvalue weighted by atomic mass is 10.1. The van der Waals surface area contributed by atoms with Gasteiger partial charge in [0.25, 0.3) is 0 Å². The lowest BCUT2D eigenvalue weighted by Crippen LogP contribution is -2.01. The molecule has 0 unspecified atom stereocenters. The highest BCUT2D eigenvalue weighted by Crippen LogP contribution is 2.24. The number of anilines is 2. The van der Waals surface area contributed by atoms with E-state index in [1.54, 1.807) is 12.1 Å². The van der Waals surface area contributed by atoms with Crippen LogP contribution < -0.4 is 16.2 Å². The maximum absolute atomic E-state index is 12.1. The highest BCUT2D eigenvalue weighted by Gasteiger charge is 2.00. The molecule has 0 saturated carbocycles. The first-order valence-corrected chi connectivity index (χ1v) is 6.31. The van der Waals surface area contributed by atoms with Gasteiger partial charge in [-0.25, -0.2) is 4.39 Å². The topological polar surface area (TPSA) is 61.3 Å². The Morgan fingerprint density at radius 3 is 2.30 bits per heavy atom. The van der Waals surface area contributed by atoms with Gasteiger partial charge in [-0.05, 0) is 35.4 Å². The van der Waals surface area contributed by atoms with Crippen molar-refractivity contribution < 1.29 is 9.13 Å². The number of nitrogens with two attached hydrogens (primary N) is 2. The lowest BCUT2D eigenvalue weighted by molar-refractivity contribution is 0.274. The van der Waals surface area contributed by atoms with Crippen molar-refractivity contribution in [3.63, 3.8) is 0 Å².